The molecular formula is C18H24BrN3O2. The van der Waals surface area contributed by atoms with Crippen LogP contribution < -0.4 is 10.2 Å². The van der Waals surface area contributed by atoms with Crippen LogP contribution in [0, 0.1) is 12.8 Å². The molecule has 2 saturated heterocycles. The van der Waals surface area contributed by atoms with Crippen LogP contribution in [0.15, 0.2) is 22.7 Å². The Morgan fingerprint density at radius 3 is 2.92 bits per heavy atom. The molecule has 1 aromatic carbocycles. The first-order chi connectivity index (χ1) is 11.5. The SMILES string of the molecule is CNCC1CCCN1C(=O)C1CC(=O)N(c2ccc(Br)c(C)c2)C1. The van der Waals surface area contributed by atoms with Gasteiger partial charge in [-0.3, -0.25) is 9.59 Å². The van der Waals surface area contributed by atoms with Gasteiger partial charge >= 0.3 is 0 Å². The maximum absolute atomic E-state index is 12.9. The van der Waals surface area contributed by atoms with E-state index in [1.165, 1.54) is 0 Å². The number of hydrogen-bond donors (Lipinski definition) is 1. The van der Waals surface area contributed by atoms with E-state index in [1.54, 1.807) is 4.90 Å². The van der Waals surface area contributed by atoms with E-state index in [4.69, 9.17) is 0 Å². The Balaban J connectivity index is 1.72. The molecule has 1 N–H and O–H groups in total. The predicted molar refractivity (Wildman–Crippen MR) is 98.0 cm³/mol. The van der Waals surface area contributed by atoms with Crippen molar-refractivity contribution in [2.75, 3.05) is 31.6 Å². The highest BCUT2D eigenvalue weighted by Crippen LogP contribution is 2.30. The van der Waals surface area contributed by atoms with E-state index in [2.05, 4.69) is 21.2 Å². The molecule has 5 nitrogen and oxygen atoms in total. The minimum Gasteiger partial charge on any atom is -0.338 e. The molecule has 0 aliphatic carbocycles. The highest BCUT2D eigenvalue weighted by atomic mass is 79.9. The third kappa shape index (κ3) is 3.35. The molecule has 2 unspecified atom stereocenters. The summed E-state index contributed by atoms with van der Waals surface area (Å²) in [7, 11) is 1.91. The van der Waals surface area contributed by atoms with Crippen LogP contribution >= 0.6 is 15.9 Å². The van der Waals surface area contributed by atoms with Gasteiger partial charge < -0.3 is 15.1 Å². The number of carbonyl (C=O) groups excluding carboxylic acids is 2. The van der Waals surface area contributed by atoms with Crippen LogP contribution in [0.25, 0.3) is 0 Å². The van der Waals surface area contributed by atoms with Crippen molar-refractivity contribution < 1.29 is 9.59 Å². The Bertz CT molecular complexity index is 649. The van der Waals surface area contributed by atoms with Gasteiger partial charge in [0.1, 0.15) is 0 Å². The van der Waals surface area contributed by atoms with Gasteiger partial charge in [0.15, 0.2) is 0 Å². The van der Waals surface area contributed by atoms with Gasteiger partial charge in [0.05, 0.1) is 5.92 Å². The van der Waals surface area contributed by atoms with Crippen LogP contribution in [0.1, 0.15) is 24.8 Å². The van der Waals surface area contributed by atoms with Crippen molar-refractivity contribution in [3.05, 3.63) is 28.2 Å². The van der Waals surface area contributed by atoms with Gasteiger partial charge in [-0.25, -0.2) is 0 Å². The van der Waals surface area contributed by atoms with Crippen molar-refractivity contribution in [1.82, 2.24) is 10.2 Å². The van der Waals surface area contributed by atoms with Crippen molar-refractivity contribution >= 4 is 33.4 Å². The van der Waals surface area contributed by atoms with Gasteiger partial charge in [-0.05, 0) is 50.6 Å². The minimum atomic E-state index is -0.223. The summed E-state index contributed by atoms with van der Waals surface area (Å²) in [5, 5.41) is 3.16. The lowest BCUT2D eigenvalue weighted by Gasteiger charge is -2.27. The molecular weight excluding hydrogens is 370 g/mol. The molecule has 0 bridgehead atoms. The molecule has 2 aliphatic rings. The van der Waals surface area contributed by atoms with Gasteiger partial charge in [0.2, 0.25) is 11.8 Å². The number of rotatable bonds is 4. The standard InChI is InChI=1S/C18H24BrN3O2/c1-12-8-14(5-6-16(12)19)22-11-13(9-17(22)23)18(24)21-7-3-4-15(21)10-20-2/h5-6,8,13,15,20H,3-4,7,9-11H2,1-2H3. The molecule has 24 heavy (non-hydrogen) atoms. The minimum absolute atomic E-state index is 0.0411. The van der Waals surface area contributed by atoms with E-state index in [9.17, 15) is 9.59 Å². The smallest absolute Gasteiger partial charge is 0.228 e. The number of aryl methyl sites for hydroxylation is 1. The summed E-state index contributed by atoms with van der Waals surface area (Å²) in [5.74, 6) is -0.0456. The molecule has 2 fully saturated rings. The van der Waals surface area contributed by atoms with Gasteiger partial charge in [-0.15, -0.1) is 0 Å². The summed E-state index contributed by atoms with van der Waals surface area (Å²) in [5.41, 5.74) is 1.97. The van der Waals surface area contributed by atoms with Crippen LogP contribution in [0.2, 0.25) is 0 Å². The Morgan fingerprint density at radius 1 is 1.42 bits per heavy atom. The lowest BCUT2D eigenvalue weighted by atomic mass is 10.1. The molecule has 0 saturated carbocycles. The number of amides is 2. The highest BCUT2D eigenvalue weighted by molar-refractivity contribution is 9.10. The first-order valence-electron chi connectivity index (χ1n) is 8.53. The largest absolute Gasteiger partial charge is 0.338 e. The number of carbonyl (C=O) groups is 2. The maximum atomic E-state index is 12.9. The quantitative estimate of drug-likeness (QED) is 0.853. The van der Waals surface area contributed by atoms with Crippen molar-refractivity contribution in [3.63, 3.8) is 0 Å². The maximum Gasteiger partial charge on any atom is 0.228 e. The molecule has 130 valence electrons. The van der Waals surface area contributed by atoms with Crippen molar-refractivity contribution in [1.29, 1.82) is 0 Å². The van der Waals surface area contributed by atoms with Crippen molar-refractivity contribution in [3.8, 4) is 0 Å². The average molecular weight is 394 g/mol. The monoisotopic (exact) mass is 393 g/mol. The lowest BCUT2D eigenvalue weighted by Crippen LogP contribution is -2.44. The molecule has 2 aliphatic heterocycles. The predicted octanol–water partition coefficient (Wildman–Crippen LogP) is 2.32. The topological polar surface area (TPSA) is 52.7 Å². The average Bonchev–Trinajstić information content (AvgIpc) is 3.17. The molecule has 2 amide bonds. The second-order valence-corrected chi connectivity index (χ2v) is 7.58. The van der Waals surface area contributed by atoms with E-state index in [0.717, 1.165) is 41.7 Å². The summed E-state index contributed by atoms with van der Waals surface area (Å²) in [4.78, 5) is 29.1. The van der Waals surface area contributed by atoms with Crippen LogP contribution in [-0.4, -0.2) is 49.4 Å². The van der Waals surface area contributed by atoms with Crippen LogP contribution in [0.4, 0.5) is 5.69 Å². The number of likely N-dealkylation sites (N-methyl/N-ethyl adjacent to an activating group) is 1. The Morgan fingerprint density at radius 2 is 2.21 bits per heavy atom. The van der Waals surface area contributed by atoms with E-state index in [1.807, 2.05) is 37.1 Å². The summed E-state index contributed by atoms with van der Waals surface area (Å²) in [6, 6.07) is 6.15. The summed E-state index contributed by atoms with van der Waals surface area (Å²) >= 11 is 3.48. The molecule has 1 aromatic rings. The summed E-state index contributed by atoms with van der Waals surface area (Å²) < 4.78 is 1.03. The third-order valence-corrected chi connectivity index (χ3v) is 5.92. The van der Waals surface area contributed by atoms with Gasteiger partial charge in [-0.2, -0.15) is 0 Å². The first-order valence-corrected chi connectivity index (χ1v) is 9.32. The Kier molecular flexibility index (Phi) is 5.25. The summed E-state index contributed by atoms with van der Waals surface area (Å²) in [6.45, 7) is 4.13. The van der Waals surface area contributed by atoms with E-state index in [-0.39, 0.29) is 23.8 Å². The number of likely N-dealkylation sites (tertiary alicyclic amines) is 1. The molecule has 6 heteroatoms. The number of halogens is 1. The van der Waals surface area contributed by atoms with Gasteiger partial charge in [0.25, 0.3) is 0 Å². The fraction of sp³-hybridized carbons (Fsp3) is 0.556. The number of benzene rings is 1. The zero-order valence-corrected chi connectivity index (χ0v) is 15.8. The number of anilines is 1. The number of nitrogens with one attached hydrogen (secondary N) is 1. The second kappa shape index (κ2) is 7.23. The van der Waals surface area contributed by atoms with Crippen LogP contribution in [0.5, 0.6) is 0 Å². The second-order valence-electron chi connectivity index (χ2n) is 6.72. The first kappa shape index (κ1) is 17.4. The zero-order valence-electron chi connectivity index (χ0n) is 14.2. The normalized spacial score (nSPS) is 24.0. The lowest BCUT2D eigenvalue weighted by molar-refractivity contribution is -0.136. The number of hydrogen-bond acceptors (Lipinski definition) is 3. The van der Waals surface area contributed by atoms with Crippen molar-refractivity contribution in [2.24, 2.45) is 5.92 Å². The Labute approximate surface area is 151 Å². The third-order valence-electron chi connectivity index (χ3n) is 5.03. The van der Waals surface area contributed by atoms with E-state index in [0.29, 0.717) is 13.0 Å². The fourth-order valence-corrected chi connectivity index (χ4v) is 3.97. The molecule has 3 rings (SSSR count). The molecule has 2 heterocycles. The molecule has 0 aromatic heterocycles. The van der Waals surface area contributed by atoms with Gasteiger partial charge in [0, 0.05) is 42.3 Å². The van der Waals surface area contributed by atoms with Crippen LogP contribution in [-0.2, 0) is 9.59 Å². The highest BCUT2D eigenvalue weighted by Gasteiger charge is 2.40. The van der Waals surface area contributed by atoms with Gasteiger partial charge in [-0.1, -0.05) is 15.9 Å². The molecule has 0 radical (unpaired) electrons. The fourth-order valence-electron chi connectivity index (χ4n) is 3.73. The van der Waals surface area contributed by atoms with Crippen LogP contribution in [0.3, 0.4) is 0 Å². The van der Waals surface area contributed by atoms with Crippen molar-refractivity contribution in [2.45, 2.75) is 32.2 Å². The van der Waals surface area contributed by atoms with E-state index >= 15 is 0 Å². The van der Waals surface area contributed by atoms with E-state index < -0.39 is 0 Å². The number of nitrogens with zero attached hydrogens (tertiary/aromatic N) is 2. The summed E-state index contributed by atoms with van der Waals surface area (Å²) in [6.07, 6.45) is 2.41. The Hall–Kier alpha value is -1.40. The zero-order chi connectivity index (χ0) is 17.3. The molecule has 2 atom stereocenters. The molecule has 0 spiro atoms.